The molecule has 1 aromatic heterocycles. The summed E-state index contributed by atoms with van der Waals surface area (Å²) in [6.45, 7) is 0.331. The van der Waals surface area contributed by atoms with Crippen molar-refractivity contribution in [3.8, 4) is 23.8 Å². The van der Waals surface area contributed by atoms with E-state index in [0.29, 0.717) is 16.3 Å². The molecular formula is C18H11N3O5S. The molecule has 0 saturated carbocycles. The average molecular weight is 381 g/mol. The number of fused-ring (bicyclic) bond motifs is 2. The van der Waals surface area contributed by atoms with Crippen LogP contribution in [0.5, 0.6) is 11.5 Å². The maximum Gasteiger partial charge on any atom is 0.286 e. The van der Waals surface area contributed by atoms with E-state index in [1.165, 1.54) is 29.5 Å². The Morgan fingerprint density at radius 3 is 2.81 bits per heavy atom. The Kier molecular flexibility index (Phi) is 4.10. The zero-order valence-electron chi connectivity index (χ0n) is 13.7. The largest absolute Gasteiger partial charge is 0.454 e. The molecule has 3 aromatic rings. The fourth-order valence-electron chi connectivity index (χ4n) is 2.75. The van der Waals surface area contributed by atoms with Gasteiger partial charge in [-0.1, -0.05) is 29.4 Å². The quantitative estimate of drug-likeness (QED) is 0.395. The number of ether oxygens (including phenoxy) is 2. The summed E-state index contributed by atoms with van der Waals surface area (Å²) in [5.41, 5.74) is 0.370. The molecule has 0 saturated heterocycles. The van der Waals surface area contributed by atoms with Crippen LogP contribution in [-0.4, -0.2) is 22.2 Å². The second kappa shape index (κ2) is 6.59. The lowest BCUT2D eigenvalue weighted by atomic mass is 10.2. The molecule has 0 N–H and O–H groups in total. The third kappa shape index (κ3) is 2.92. The van der Waals surface area contributed by atoms with Gasteiger partial charge in [-0.15, -0.1) is 6.42 Å². The van der Waals surface area contributed by atoms with Crippen molar-refractivity contribution < 1.29 is 19.2 Å². The van der Waals surface area contributed by atoms with E-state index in [1.807, 2.05) is 0 Å². The Bertz CT molecular complexity index is 1200. The molecule has 1 aliphatic heterocycles. The maximum absolute atomic E-state index is 12.6. The normalized spacial score (nSPS) is 12.9. The van der Waals surface area contributed by atoms with E-state index in [4.69, 9.17) is 15.9 Å². The number of aromatic nitrogens is 1. The van der Waals surface area contributed by atoms with E-state index in [0.717, 1.165) is 10.2 Å². The molecule has 27 heavy (non-hydrogen) atoms. The van der Waals surface area contributed by atoms with Crippen LogP contribution in [0, 0.1) is 22.5 Å². The van der Waals surface area contributed by atoms with Gasteiger partial charge in [0.15, 0.2) is 16.3 Å². The molecule has 2 aromatic carbocycles. The molecule has 0 radical (unpaired) electrons. The number of nitrogens with zero attached hydrogens (tertiary/aromatic N) is 3. The molecule has 8 nitrogen and oxygen atoms in total. The lowest BCUT2D eigenvalue weighted by Crippen LogP contribution is -2.16. The van der Waals surface area contributed by atoms with Gasteiger partial charge in [-0.05, 0) is 6.07 Å². The first kappa shape index (κ1) is 16.8. The summed E-state index contributed by atoms with van der Waals surface area (Å²) in [5.74, 6) is 3.01. The molecular weight excluding hydrogens is 370 g/mol. The van der Waals surface area contributed by atoms with Crippen molar-refractivity contribution in [2.45, 2.75) is 6.54 Å². The number of thiazole rings is 1. The molecule has 1 aliphatic rings. The van der Waals surface area contributed by atoms with E-state index in [2.05, 4.69) is 10.9 Å². The average Bonchev–Trinajstić information content (AvgIpc) is 3.24. The van der Waals surface area contributed by atoms with Crippen LogP contribution >= 0.6 is 11.3 Å². The summed E-state index contributed by atoms with van der Waals surface area (Å²) >= 11 is 1.24. The maximum atomic E-state index is 12.6. The van der Waals surface area contributed by atoms with Gasteiger partial charge in [0.1, 0.15) is 5.56 Å². The zero-order chi connectivity index (χ0) is 19.0. The molecule has 0 bridgehead atoms. The third-order valence-electron chi connectivity index (χ3n) is 3.95. The van der Waals surface area contributed by atoms with E-state index >= 15 is 0 Å². The monoisotopic (exact) mass is 381 g/mol. The number of hydrogen-bond acceptors (Lipinski definition) is 6. The number of nitro benzene ring substituents is 1. The van der Waals surface area contributed by atoms with Gasteiger partial charge in [-0.25, -0.2) is 0 Å². The first-order chi connectivity index (χ1) is 13.1. The smallest absolute Gasteiger partial charge is 0.286 e. The summed E-state index contributed by atoms with van der Waals surface area (Å²) in [4.78, 5) is 27.6. The van der Waals surface area contributed by atoms with Gasteiger partial charge in [0.2, 0.25) is 6.79 Å². The number of benzene rings is 2. The number of carbonyl (C=O) groups excluding carboxylic acids is 1. The van der Waals surface area contributed by atoms with Crippen molar-refractivity contribution in [3.05, 3.63) is 56.9 Å². The van der Waals surface area contributed by atoms with Crippen LogP contribution in [0.2, 0.25) is 0 Å². The van der Waals surface area contributed by atoms with Crippen molar-refractivity contribution >= 4 is 33.1 Å². The van der Waals surface area contributed by atoms with Gasteiger partial charge >= 0.3 is 0 Å². The molecule has 4 rings (SSSR count). The highest BCUT2D eigenvalue weighted by Gasteiger charge is 2.20. The molecule has 0 unspecified atom stereocenters. The summed E-state index contributed by atoms with van der Waals surface area (Å²) in [6, 6.07) is 9.26. The predicted octanol–water partition coefficient (Wildman–Crippen LogP) is 2.71. The van der Waals surface area contributed by atoms with Crippen LogP contribution in [-0.2, 0) is 6.54 Å². The minimum absolute atomic E-state index is 0.0821. The van der Waals surface area contributed by atoms with E-state index in [9.17, 15) is 14.9 Å². The van der Waals surface area contributed by atoms with Crippen LogP contribution in [0.15, 0.2) is 41.4 Å². The molecule has 0 aliphatic carbocycles. The molecule has 0 spiro atoms. The lowest BCUT2D eigenvalue weighted by Gasteiger charge is -2.01. The van der Waals surface area contributed by atoms with Gasteiger partial charge in [-0.2, -0.15) is 4.99 Å². The van der Waals surface area contributed by atoms with Crippen molar-refractivity contribution in [2.75, 3.05) is 6.79 Å². The fraction of sp³-hybridized carbons (Fsp3) is 0.111. The number of para-hydroxylation sites is 1. The number of rotatable bonds is 3. The molecule has 0 atom stereocenters. The Morgan fingerprint density at radius 2 is 2.07 bits per heavy atom. The first-order valence-corrected chi connectivity index (χ1v) is 8.59. The van der Waals surface area contributed by atoms with Crippen molar-refractivity contribution in [2.24, 2.45) is 4.99 Å². The summed E-state index contributed by atoms with van der Waals surface area (Å²) < 4.78 is 13.3. The highest BCUT2D eigenvalue weighted by Crippen LogP contribution is 2.37. The second-order valence-corrected chi connectivity index (χ2v) is 6.55. The summed E-state index contributed by atoms with van der Waals surface area (Å²) in [7, 11) is 0. The fourth-order valence-corrected chi connectivity index (χ4v) is 3.79. The zero-order valence-corrected chi connectivity index (χ0v) is 14.6. The molecule has 1 amide bonds. The SMILES string of the molecule is C#CCn1c(=NC(=O)c2ccccc2[N+](=O)[O-])sc2cc3c(cc21)OCO3. The highest BCUT2D eigenvalue weighted by atomic mass is 32.1. The number of amides is 1. The van der Waals surface area contributed by atoms with Crippen LogP contribution in [0.1, 0.15) is 10.4 Å². The Morgan fingerprint density at radius 1 is 1.33 bits per heavy atom. The van der Waals surface area contributed by atoms with Crippen molar-refractivity contribution in [1.29, 1.82) is 0 Å². The van der Waals surface area contributed by atoms with Crippen LogP contribution in [0.25, 0.3) is 10.2 Å². The second-order valence-electron chi connectivity index (χ2n) is 5.54. The summed E-state index contributed by atoms with van der Waals surface area (Å²) in [6.07, 6.45) is 5.46. The van der Waals surface area contributed by atoms with E-state index in [1.54, 1.807) is 22.8 Å². The summed E-state index contributed by atoms with van der Waals surface area (Å²) in [5, 5.41) is 11.2. The molecule has 134 valence electrons. The number of carbonyl (C=O) groups is 1. The van der Waals surface area contributed by atoms with Crippen molar-refractivity contribution in [3.63, 3.8) is 0 Å². The Hall–Kier alpha value is -3.64. The molecule has 2 heterocycles. The predicted molar refractivity (Wildman–Crippen MR) is 97.8 cm³/mol. The van der Waals surface area contributed by atoms with Crippen molar-refractivity contribution in [1.82, 2.24) is 4.57 Å². The Balaban J connectivity index is 1.88. The van der Waals surface area contributed by atoms with Gasteiger partial charge in [0, 0.05) is 18.2 Å². The number of hydrogen-bond donors (Lipinski definition) is 0. The van der Waals surface area contributed by atoms with Crippen LogP contribution < -0.4 is 14.3 Å². The first-order valence-electron chi connectivity index (χ1n) is 7.77. The van der Waals surface area contributed by atoms with E-state index < -0.39 is 10.8 Å². The lowest BCUT2D eigenvalue weighted by molar-refractivity contribution is -0.385. The standard InChI is InChI=1S/C18H11N3O5S/c1-2-7-20-13-8-14-15(26-10-25-14)9-16(13)27-18(20)19-17(22)11-5-3-4-6-12(11)21(23)24/h1,3-6,8-9H,7,10H2. The molecule has 0 fully saturated rings. The third-order valence-corrected chi connectivity index (χ3v) is 5.00. The van der Waals surface area contributed by atoms with Crippen LogP contribution in [0.4, 0.5) is 5.69 Å². The highest BCUT2D eigenvalue weighted by molar-refractivity contribution is 7.16. The van der Waals surface area contributed by atoms with Gasteiger partial charge in [0.05, 0.1) is 21.7 Å². The van der Waals surface area contributed by atoms with Gasteiger partial charge in [-0.3, -0.25) is 14.9 Å². The molecule has 9 heteroatoms. The number of nitro groups is 1. The van der Waals surface area contributed by atoms with Gasteiger partial charge < -0.3 is 14.0 Å². The minimum Gasteiger partial charge on any atom is -0.454 e. The van der Waals surface area contributed by atoms with Gasteiger partial charge in [0.25, 0.3) is 11.6 Å². The van der Waals surface area contributed by atoms with Crippen LogP contribution in [0.3, 0.4) is 0 Å². The topological polar surface area (TPSA) is 96.0 Å². The minimum atomic E-state index is -0.709. The Labute approximate surface area is 156 Å². The number of terminal acetylenes is 1. The van der Waals surface area contributed by atoms with E-state index in [-0.39, 0.29) is 24.6 Å².